The van der Waals surface area contributed by atoms with E-state index < -0.39 is 5.91 Å². The van der Waals surface area contributed by atoms with E-state index in [4.69, 9.17) is 17.3 Å². The Bertz CT molecular complexity index is 619. The molecule has 0 aliphatic heterocycles. The summed E-state index contributed by atoms with van der Waals surface area (Å²) in [5, 5.41) is 4.88. The first-order chi connectivity index (χ1) is 9.06. The van der Waals surface area contributed by atoms with Crippen molar-refractivity contribution in [3.05, 3.63) is 46.2 Å². The molecule has 1 aromatic carbocycles. The van der Waals surface area contributed by atoms with E-state index in [0.29, 0.717) is 10.6 Å². The highest BCUT2D eigenvalue weighted by atomic mass is 35.5. The number of primary amides is 1. The molecule has 0 saturated carbocycles. The molecule has 0 spiro atoms. The van der Waals surface area contributed by atoms with Crippen LogP contribution in [0.1, 0.15) is 35.6 Å². The first-order valence-corrected chi connectivity index (χ1v) is 6.62. The lowest BCUT2D eigenvalue weighted by Crippen LogP contribution is -2.12. The van der Waals surface area contributed by atoms with Crippen LogP contribution in [0.15, 0.2) is 24.3 Å². The summed E-state index contributed by atoms with van der Waals surface area (Å²) in [7, 11) is 0. The first-order valence-electron chi connectivity index (χ1n) is 6.24. The van der Waals surface area contributed by atoms with Crippen LogP contribution in [-0.2, 0) is 12.8 Å². The average molecular weight is 278 g/mol. The predicted molar refractivity (Wildman–Crippen MR) is 75.8 cm³/mol. The lowest BCUT2D eigenvalue weighted by molar-refractivity contribution is 0.100. The van der Waals surface area contributed by atoms with Gasteiger partial charge in [-0.3, -0.25) is 4.79 Å². The summed E-state index contributed by atoms with van der Waals surface area (Å²) >= 11 is 6.07. The van der Waals surface area contributed by atoms with Crippen LogP contribution in [0.5, 0.6) is 0 Å². The molecule has 1 heterocycles. The van der Waals surface area contributed by atoms with Gasteiger partial charge in [0.2, 0.25) is 5.91 Å². The molecule has 2 aromatic rings. The van der Waals surface area contributed by atoms with Crippen LogP contribution in [-0.4, -0.2) is 15.7 Å². The highest BCUT2D eigenvalue weighted by molar-refractivity contribution is 6.34. The number of aromatic nitrogens is 2. The van der Waals surface area contributed by atoms with Crippen molar-refractivity contribution in [1.29, 1.82) is 0 Å². The maximum Gasteiger partial charge on any atom is 0.250 e. The molecule has 2 N–H and O–H groups in total. The van der Waals surface area contributed by atoms with Crippen LogP contribution in [0.4, 0.5) is 0 Å². The largest absolute Gasteiger partial charge is 0.366 e. The zero-order valence-electron chi connectivity index (χ0n) is 11.0. The Balaban J connectivity index is 2.50. The molecular formula is C14H16ClN3O. The second kappa shape index (κ2) is 5.45. The van der Waals surface area contributed by atoms with Crippen molar-refractivity contribution in [2.75, 3.05) is 0 Å². The number of rotatable bonds is 4. The molecule has 2 rings (SSSR count). The quantitative estimate of drug-likeness (QED) is 0.934. The fraction of sp³-hybridized carbons (Fsp3) is 0.286. The maximum absolute atomic E-state index is 11.2. The fourth-order valence-corrected chi connectivity index (χ4v) is 2.23. The number of hydrogen-bond donors (Lipinski definition) is 1. The number of carbonyl (C=O) groups is 1. The molecule has 5 heteroatoms. The van der Waals surface area contributed by atoms with E-state index in [1.165, 1.54) is 0 Å². The van der Waals surface area contributed by atoms with Gasteiger partial charge in [-0.2, -0.15) is 5.10 Å². The number of nitrogens with two attached hydrogens (primary N) is 1. The summed E-state index contributed by atoms with van der Waals surface area (Å²) in [5.41, 5.74) is 8.55. The first kappa shape index (κ1) is 13.6. The highest BCUT2D eigenvalue weighted by Gasteiger charge is 2.11. The Labute approximate surface area is 117 Å². The van der Waals surface area contributed by atoms with Gasteiger partial charge in [0.15, 0.2) is 0 Å². The normalized spacial score (nSPS) is 10.7. The molecule has 0 fully saturated rings. The summed E-state index contributed by atoms with van der Waals surface area (Å²) in [6.45, 7) is 4.14. The van der Waals surface area contributed by atoms with Gasteiger partial charge in [0.1, 0.15) is 0 Å². The number of aryl methyl sites for hydroxylation is 2. The third kappa shape index (κ3) is 2.63. The minimum Gasteiger partial charge on any atom is -0.366 e. The van der Waals surface area contributed by atoms with Gasteiger partial charge < -0.3 is 5.73 Å². The predicted octanol–water partition coefficient (Wildman–Crippen LogP) is 2.75. The maximum atomic E-state index is 11.2. The van der Waals surface area contributed by atoms with Crippen LogP contribution in [0.2, 0.25) is 5.02 Å². The standard InChI is InChI=1S/C14H16ClN3O/c1-3-9-7-10(4-2)18(17-9)11-5-6-12(14(16)19)13(15)8-11/h5-8H,3-4H2,1-2H3,(H2,16,19). The molecule has 0 saturated heterocycles. The number of amides is 1. The smallest absolute Gasteiger partial charge is 0.250 e. The minimum atomic E-state index is -0.526. The van der Waals surface area contributed by atoms with Crippen molar-refractivity contribution in [3.63, 3.8) is 0 Å². The summed E-state index contributed by atoms with van der Waals surface area (Å²) in [4.78, 5) is 11.2. The molecule has 0 aliphatic rings. The zero-order chi connectivity index (χ0) is 14.0. The molecule has 1 aromatic heterocycles. The van der Waals surface area contributed by atoms with Crippen LogP contribution >= 0.6 is 11.6 Å². The Kier molecular flexibility index (Phi) is 3.90. The lowest BCUT2D eigenvalue weighted by atomic mass is 10.2. The van der Waals surface area contributed by atoms with Crippen molar-refractivity contribution in [2.45, 2.75) is 26.7 Å². The number of halogens is 1. The van der Waals surface area contributed by atoms with Crippen molar-refractivity contribution in [1.82, 2.24) is 9.78 Å². The molecule has 19 heavy (non-hydrogen) atoms. The van der Waals surface area contributed by atoms with Crippen LogP contribution in [0.25, 0.3) is 5.69 Å². The van der Waals surface area contributed by atoms with Crippen LogP contribution in [0, 0.1) is 0 Å². The Morgan fingerprint density at radius 3 is 2.58 bits per heavy atom. The second-order valence-corrected chi connectivity index (χ2v) is 4.68. The zero-order valence-corrected chi connectivity index (χ0v) is 11.7. The number of benzene rings is 1. The molecule has 100 valence electrons. The Morgan fingerprint density at radius 2 is 2.05 bits per heavy atom. The van der Waals surface area contributed by atoms with Crippen molar-refractivity contribution < 1.29 is 4.79 Å². The Hall–Kier alpha value is -1.81. The van der Waals surface area contributed by atoms with Crippen LogP contribution < -0.4 is 5.73 Å². The fourth-order valence-electron chi connectivity index (χ4n) is 1.96. The SMILES string of the molecule is CCc1cc(CC)n(-c2ccc(C(N)=O)c(Cl)c2)n1. The molecule has 0 aliphatic carbocycles. The van der Waals surface area contributed by atoms with E-state index in [-0.39, 0.29) is 0 Å². The van der Waals surface area contributed by atoms with E-state index in [1.54, 1.807) is 18.2 Å². The van der Waals surface area contributed by atoms with E-state index in [1.807, 2.05) is 4.68 Å². The summed E-state index contributed by atoms with van der Waals surface area (Å²) < 4.78 is 1.86. The van der Waals surface area contributed by atoms with E-state index in [2.05, 4.69) is 25.0 Å². The van der Waals surface area contributed by atoms with Crippen molar-refractivity contribution in [2.24, 2.45) is 5.73 Å². The van der Waals surface area contributed by atoms with Crippen molar-refractivity contribution in [3.8, 4) is 5.69 Å². The van der Waals surface area contributed by atoms with Gasteiger partial charge in [0.25, 0.3) is 0 Å². The topological polar surface area (TPSA) is 60.9 Å². The molecule has 0 radical (unpaired) electrons. The van der Waals surface area contributed by atoms with Gasteiger partial charge in [0, 0.05) is 5.69 Å². The van der Waals surface area contributed by atoms with Crippen LogP contribution in [0.3, 0.4) is 0 Å². The summed E-state index contributed by atoms with van der Waals surface area (Å²) in [5.74, 6) is -0.526. The molecule has 4 nitrogen and oxygen atoms in total. The third-order valence-electron chi connectivity index (χ3n) is 3.02. The Morgan fingerprint density at radius 1 is 1.32 bits per heavy atom. The van der Waals surface area contributed by atoms with Gasteiger partial charge >= 0.3 is 0 Å². The minimum absolute atomic E-state index is 0.325. The number of nitrogens with zero attached hydrogens (tertiary/aromatic N) is 2. The van der Waals surface area contributed by atoms with Gasteiger partial charge in [-0.25, -0.2) is 4.68 Å². The third-order valence-corrected chi connectivity index (χ3v) is 3.33. The number of carbonyl (C=O) groups excluding carboxylic acids is 1. The molecular weight excluding hydrogens is 262 g/mol. The van der Waals surface area contributed by atoms with E-state index in [0.717, 1.165) is 29.9 Å². The lowest BCUT2D eigenvalue weighted by Gasteiger charge is -2.08. The summed E-state index contributed by atoms with van der Waals surface area (Å²) in [6.07, 6.45) is 1.76. The van der Waals surface area contributed by atoms with E-state index in [9.17, 15) is 4.79 Å². The van der Waals surface area contributed by atoms with E-state index >= 15 is 0 Å². The second-order valence-electron chi connectivity index (χ2n) is 4.27. The average Bonchev–Trinajstić information content (AvgIpc) is 2.81. The number of hydrogen-bond acceptors (Lipinski definition) is 2. The molecule has 0 atom stereocenters. The monoisotopic (exact) mass is 277 g/mol. The van der Waals surface area contributed by atoms with Gasteiger partial charge in [0.05, 0.1) is 22.0 Å². The van der Waals surface area contributed by atoms with Gasteiger partial charge in [-0.1, -0.05) is 25.4 Å². The van der Waals surface area contributed by atoms with Gasteiger partial charge in [-0.15, -0.1) is 0 Å². The molecule has 0 unspecified atom stereocenters. The van der Waals surface area contributed by atoms with Crippen molar-refractivity contribution >= 4 is 17.5 Å². The summed E-state index contributed by atoms with van der Waals surface area (Å²) in [6, 6.07) is 7.23. The highest BCUT2D eigenvalue weighted by Crippen LogP contribution is 2.21. The van der Waals surface area contributed by atoms with Gasteiger partial charge in [-0.05, 0) is 37.1 Å². The molecule has 1 amide bonds. The molecule has 0 bridgehead atoms.